The number of amides is 1. The second-order valence-corrected chi connectivity index (χ2v) is 9.45. The monoisotopic (exact) mass is 475 g/mol. The van der Waals surface area contributed by atoms with Gasteiger partial charge in [-0.3, -0.25) is 9.78 Å². The van der Waals surface area contributed by atoms with Crippen LogP contribution in [0, 0.1) is 0 Å². The van der Waals surface area contributed by atoms with E-state index < -0.39 is 22.0 Å². The molecular formula is C26H25N3O4S. The van der Waals surface area contributed by atoms with Crippen LogP contribution >= 0.6 is 0 Å². The molecular weight excluding hydrogens is 450 g/mol. The van der Waals surface area contributed by atoms with E-state index in [0.717, 1.165) is 11.1 Å². The van der Waals surface area contributed by atoms with Crippen molar-refractivity contribution >= 4 is 26.8 Å². The Hall–Kier alpha value is -3.75. The summed E-state index contributed by atoms with van der Waals surface area (Å²) in [5, 5.41) is 3.55. The van der Waals surface area contributed by atoms with Crippen LogP contribution in [0.15, 0.2) is 96.0 Å². The zero-order chi connectivity index (χ0) is 24.0. The number of aromatic nitrogens is 1. The fourth-order valence-electron chi connectivity index (χ4n) is 3.68. The summed E-state index contributed by atoms with van der Waals surface area (Å²) in [7, 11) is -2.46. The number of rotatable bonds is 9. The summed E-state index contributed by atoms with van der Waals surface area (Å²) in [4.78, 5) is 17.4. The SMILES string of the molecule is COc1cccc(CNC(=O)[C@@H](Cc2ccccc2)NS(=O)(=O)c2cccc3cccnc23)c1. The third-order valence-electron chi connectivity index (χ3n) is 5.38. The van der Waals surface area contributed by atoms with Gasteiger partial charge in [0.2, 0.25) is 15.9 Å². The molecule has 7 nitrogen and oxygen atoms in total. The molecule has 34 heavy (non-hydrogen) atoms. The highest BCUT2D eigenvalue weighted by Crippen LogP contribution is 2.21. The van der Waals surface area contributed by atoms with E-state index in [1.54, 1.807) is 37.6 Å². The zero-order valence-corrected chi connectivity index (χ0v) is 19.5. The van der Waals surface area contributed by atoms with Crippen molar-refractivity contribution in [2.75, 3.05) is 7.11 Å². The van der Waals surface area contributed by atoms with Crippen LogP contribution < -0.4 is 14.8 Å². The molecule has 0 aliphatic heterocycles. The Labute approximate surface area is 198 Å². The molecule has 1 atom stereocenters. The standard InChI is InChI=1S/C26H25N3O4S/c1-33-22-13-5-10-20(16-22)18-28-26(30)23(17-19-8-3-2-4-9-19)29-34(31,32)24-14-6-11-21-12-7-15-27-25(21)24/h2-16,23,29H,17-18H2,1H3,(H,28,30)/t23-/m1/s1. The van der Waals surface area contributed by atoms with Crippen LogP contribution in [0.25, 0.3) is 10.9 Å². The van der Waals surface area contributed by atoms with E-state index >= 15 is 0 Å². The van der Waals surface area contributed by atoms with Crippen molar-refractivity contribution in [3.63, 3.8) is 0 Å². The first-order valence-electron chi connectivity index (χ1n) is 10.8. The second-order valence-electron chi connectivity index (χ2n) is 7.76. The number of nitrogens with zero attached hydrogens (tertiary/aromatic N) is 1. The Morgan fingerprint density at radius 2 is 1.68 bits per heavy atom. The van der Waals surface area contributed by atoms with Gasteiger partial charge in [-0.2, -0.15) is 4.72 Å². The van der Waals surface area contributed by atoms with Gasteiger partial charge in [-0.1, -0.05) is 60.7 Å². The number of benzene rings is 3. The van der Waals surface area contributed by atoms with Crippen LogP contribution in [0.3, 0.4) is 0 Å². The van der Waals surface area contributed by atoms with Crippen LogP contribution in [-0.4, -0.2) is 32.5 Å². The lowest BCUT2D eigenvalue weighted by molar-refractivity contribution is -0.122. The fourth-order valence-corrected chi connectivity index (χ4v) is 5.05. The number of sulfonamides is 1. The Kier molecular flexibility index (Phi) is 7.20. The maximum absolute atomic E-state index is 13.4. The number of ether oxygens (including phenoxy) is 1. The lowest BCUT2D eigenvalue weighted by Gasteiger charge is -2.19. The summed E-state index contributed by atoms with van der Waals surface area (Å²) in [6.45, 7) is 0.235. The molecule has 0 fully saturated rings. The van der Waals surface area contributed by atoms with E-state index in [0.29, 0.717) is 16.7 Å². The number of carbonyl (C=O) groups is 1. The number of hydrogen-bond donors (Lipinski definition) is 2. The van der Waals surface area contributed by atoms with Crippen molar-refractivity contribution in [2.45, 2.75) is 23.9 Å². The number of pyridine rings is 1. The van der Waals surface area contributed by atoms with Crippen molar-refractivity contribution in [3.8, 4) is 5.75 Å². The van der Waals surface area contributed by atoms with Crippen molar-refractivity contribution in [2.24, 2.45) is 0 Å². The van der Waals surface area contributed by atoms with Crippen molar-refractivity contribution in [1.82, 2.24) is 15.0 Å². The van der Waals surface area contributed by atoms with Gasteiger partial charge in [0, 0.05) is 18.1 Å². The van der Waals surface area contributed by atoms with Gasteiger partial charge in [0.05, 0.1) is 12.6 Å². The highest BCUT2D eigenvalue weighted by atomic mass is 32.2. The van der Waals surface area contributed by atoms with Gasteiger partial charge in [0.15, 0.2) is 0 Å². The van der Waals surface area contributed by atoms with Crippen molar-refractivity contribution in [1.29, 1.82) is 0 Å². The average molecular weight is 476 g/mol. The normalized spacial score (nSPS) is 12.3. The number of para-hydroxylation sites is 1. The quantitative estimate of drug-likeness (QED) is 0.387. The summed E-state index contributed by atoms with van der Waals surface area (Å²) >= 11 is 0. The smallest absolute Gasteiger partial charge is 0.243 e. The lowest BCUT2D eigenvalue weighted by Crippen LogP contribution is -2.47. The van der Waals surface area contributed by atoms with Gasteiger partial charge < -0.3 is 10.1 Å². The molecule has 0 aliphatic rings. The lowest BCUT2D eigenvalue weighted by atomic mass is 10.1. The van der Waals surface area contributed by atoms with E-state index in [1.165, 1.54) is 6.07 Å². The Balaban J connectivity index is 1.59. The molecule has 1 amide bonds. The van der Waals surface area contributed by atoms with E-state index in [9.17, 15) is 13.2 Å². The summed E-state index contributed by atoms with van der Waals surface area (Å²) in [5.74, 6) is 0.250. The molecule has 0 bridgehead atoms. The van der Waals surface area contributed by atoms with Crippen LogP contribution in [0.4, 0.5) is 0 Å². The third kappa shape index (κ3) is 5.59. The molecule has 4 aromatic rings. The summed E-state index contributed by atoms with van der Waals surface area (Å²) in [5.41, 5.74) is 2.03. The first-order chi connectivity index (χ1) is 16.5. The van der Waals surface area contributed by atoms with Crippen molar-refractivity contribution in [3.05, 3.63) is 102 Å². The maximum atomic E-state index is 13.4. The van der Waals surface area contributed by atoms with Gasteiger partial charge in [-0.05, 0) is 41.8 Å². The summed E-state index contributed by atoms with van der Waals surface area (Å²) in [6.07, 6.45) is 1.74. The molecule has 0 spiro atoms. The van der Waals surface area contributed by atoms with Crippen molar-refractivity contribution < 1.29 is 17.9 Å². The van der Waals surface area contributed by atoms with Gasteiger partial charge in [-0.25, -0.2) is 8.42 Å². The number of nitrogens with one attached hydrogen (secondary N) is 2. The number of fused-ring (bicyclic) bond motifs is 1. The first-order valence-corrected chi connectivity index (χ1v) is 12.3. The Morgan fingerprint density at radius 1 is 0.941 bits per heavy atom. The minimum atomic E-state index is -4.04. The van der Waals surface area contributed by atoms with Crippen LogP contribution in [0.5, 0.6) is 5.75 Å². The van der Waals surface area contributed by atoms with E-state index in [2.05, 4.69) is 15.0 Å². The first kappa shape index (κ1) is 23.4. The molecule has 0 aliphatic carbocycles. The molecule has 0 saturated carbocycles. The highest BCUT2D eigenvalue weighted by Gasteiger charge is 2.27. The maximum Gasteiger partial charge on any atom is 0.243 e. The molecule has 1 heterocycles. The predicted molar refractivity (Wildman–Crippen MR) is 131 cm³/mol. The molecule has 4 rings (SSSR count). The highest BCUT2D eigenvalue weighted by molar-refractivity contribution is 7.89. The number of methoxy groups -OCH3 is 1. The third-order valence-corrected chi connectivity index (χ3v) is 6.89. The van der Waals surface area contributed by atoms with E-state index in [1.807, 2.05) is 54.6 Å². The molecule has 0 radical (unpaired) electrons. The van der Waals surface area contributed by atoms with E-state index in [-0.39, 0.29) is 17.9 Å². The number of carbonyl (C=O) groups excluding carboxylic acids is 1. The zero-order valence-electron chi connectivity index (χ0n) is 18.6. The largest absolute Gasteiger partial charge is 0.497 e. The van der Waals surface area contributed by atoms with Crippen LogP contribution in [0.2, 0.25) is 0 Å². The van der Waals surface area contributed by atoms with Gasteiger partial charge >= 0.3 is 0 Å². The van der Waals surface area contributed by atoms with Gasteiger partial charge in [-0.15, -0.1) is 0 Å². The predicted octanol–water partition coefficient (Wildman–Crippen LogP) is 3.45. The summed E-state index contributed by atoms with van der Waals surface area (Å²) in [6, 6.07) is 24.1. The molecule has 3 aromatic carbocycles. The molecule has 0 unspecified atom stereocenters. The van der Waals surface area contributed by atoms with Gasteiger partial charge in [0.25, 0.3) is 0 Å². The van der Waals surface area contributed by atoms with Gasteiger partial charge in [0.1, 0.15) is 16.7 Å². The second kappa shape index (κ2) is 10.5. The van der Waals surface area contributed by atoms with Crippen LogP contribution in [-0.2, 0) is 27.8 Å². The minimum Gasteiger partial charge on any atom is -0.497 e. The average Bonchev–Trinajstić information content (AvgIpc) is 2.87. The number of hydrogen-bond acceptors (Lipinski definition) is 5. The fraction of sp³-hybridized carbons (Fsp3) is 0.154. The van der Waals surface area contributed by atoms with Crippen LogP contribution in [0.1, 0.15) is 11.1 Å². The topological polar surface area (TPSA) is 97.4 Å². The summed E-state index contributed by atoms with van der Waals surface area (Å²) < 4.78 is 34.6. The molecule has 174 valence electrons. The molecule has 8 heteroatoms. The Morgan fingerprint density at radius 3 is 2.47 bits per heavy atom. The molecule has 2 N–H and O–H groups in total. The molecule has 0 saturated heterocycles. The Bertz CT molecular complexity index is 1390. The minimum absolute atomic E-state index is 0.0317. The van der Waals surface area contributed by atoms with E-state index in [4.69, 9.17) is 4.74 Å². The molecule has 1 aromatic heterocycles.